The van der Waals surface area contributed by atoms with Crippen LogP contribution in [0.3, 0.4) is 0 Å². The van der Waals surface area contributed by atoms with Gasteiger partial charge in [-0.1, -0.05) is 0 Å². The van der Waals surface area contributed by atoms with E-state index in [0.29, 0.717) is 12.1 Å². The van der Waals surface area contributed by atoms with Crippen LogP contribution in [0.2, 0.25) is 0 Å². The van der Waals surface area contributed by atoms with Crippen LogP contribution in [-0.2, 0) is 6.54 Å². The van der Waals surface area contributed by atoms with Crippen molar-refractivity contribution in [2.45, 2.75) is 58.8 Å². The van der Waals surface area contributed by atoms with Crippen molar-refractivity contribution in [3.63, 3.8) is 0 Å². The van der Waals surface area contributed by atoms with Gasteiger partial charge in [0.1, 0.15) is 0 Å². The first-order chi connectivity index (χ1) is 9.78. The highest BCUT2D eigenvalue weighted by Gasteiger charge is 2.27. The van der Waals surface area contributed by atoms with E-state index in [2.05, 4.69) is 67.8 Å². The quantitative estimate of drug-likeness (QED) is 0.927. The van der Waals surface area contributed by atoms with E-state index in [4.69, 9.17) is 0 Å². The number of piperazine rings is 1. The lowest BCUT2D eigenvalue weighted by molar-refractivity contribution is 0.170. The van der Waals surface area contributed by atoms with E-state index in [-0.39, 0.29) is 5.54 Å². The molecule has 2 unspecified atom stereocenters. The number of rotatable bonds is 3. The van der Waals surface area contributed by atoms with Crippen molar-refractivity contribution in [1.82, 2.24) is 15.2 Å². The number of hydrogen-bond donors (Lipinski definition) is 1. The van der Waals surface area contributed by atoms with E-state index in [1.165, 1.54) is 11.3 Å². The molecule has 118 valence electrons. The van der Waals surface area contributed by atoms with Crippen LogP contribution in [0.25, 0.3) is 0 Å². The Hall–Kier alpha value is -1.13. The number of nitrogens with one attached hydrogen (secondary N) is 1. The first-order valence-corrected chi connectivity index (χ1v) is 7.93. The minimum atomic E-state index is 0.128. The van der Waals surface area contributed by atoms with Crippen molar-refractivity contribution in [3.05, 3.63) is 24.0 Å². The second-order valence-electron chi connectivity index (χ2n) is 7.38. The van der Waals surface area contributed by atoms with Gasteiger partial charge in [-0.15, -0.1) is 0 Å². The molecule has 1 fully saturated rings. The van der Waals surface area contributed by atoms with Crippen LogP contribution < -0.4 is 10.2 Å². The van der Waals surface area contributed by atoms with Gasteiger partial charge in [-0.3, -0.25) is 9.88 Å². The molecule has 21 heavy (non-hydrogen) atoms. The Labute approximate surface area is 129 Å². The topological polar surface area (TPSA) is 31.4 Å². The van der Waals surface area contributed by atoms with Gasteiger partial charge in [0.05, 0.1) is 11.9 Å². The Balaban J connectivity index is 2.16. The summed E-state index contributed by atoms with van der Waals surface area (Å²) in [6, 6.07) is 3.27. The maximum absolute atomic E-state index is 4.35. The van der Waals surface area contributed by atoms with Crippen LogP contribution in [0.1, 0.15) is 40.2 Å². The van der Waals surface area contributed by atoms with Gasteiger partial charge in [0.2, 0.25) is 0 Å². The fourth-order valence-corrected chi connectivity index (χ4v) is 2.81. The highest BCUT2D eigenvalue weighted by Crippen LogP contribution is 2.24. The predicted molar refractivity (Wildman–Crippen MR) is 89.7 cm³/mol. The number of aromatic nitrogens is 1. The molecule has 0 spiro atoms. The highest BCUT2D eigenvalue weighted by atomic mass is 15.3. The molecule has 0 saturated carbocycles. The summed E-state index contributed by atoms with van der Waals surface area (Å²) in [5.41, 5.74) is 2.74. The van der Waals surface area contributed by atoms with Crippen molar-refractivity contribution in [2.24, 2.45) is 0 Å². The SMILES string of the molecule is CC1CN(c2cnccc2CNC(C)(C)C)CC(C)N1C. The summed E-state index contributed by atoms with van der Waals surface area (Å²) in [5.74, 6) is 0. The summed E-state index contributed by atoms with van der Waals surface area (Å²) in [6.07, 6.45) is 3.91. The highest BCUT2D eigenvalue weighted by molar-refractivity contribution is 5.52. The van der Waals surface area contributed by atoms with Gasteiger partial charge < -0.3 is 10.2 Å². The van der Waals surface area contributed by atoms with E-state index in [9.17, 15) is 0 Å². The van der Waals surface area contributed by atoms with Crippen molar-refractivity contribution in [3.8, 4) is 0 Å². The molecule has 1 aliphatic heterocycles. The molecule has 1 aromatic heterocycles. The molecule has 0 amide bonds. The normalized spacial score (nSPS) is 24.4. The number of hydrogen-bond acceptors (Lipinski definition) is 4. The maximum atomic E-state index is 4.35. The lowest BCUT2D eigenvalue weighted by atomic mass is 10.1. The Morgan fingerprint density at radius 1 is 1.24 bits per heavy atom. The van der Waals surface area contributed by atoms with E-state index in [0.717, 1.165) is 19.6 Å². The van der Waals surface area contributed by atoms with E-state index in [1.54, 1.807) is 0 Å². The fourth-order valence-electron chi connectivity index (χ4n) is 2.81. The zero-order chi connectivity index (χ0) is 15.6. The zero-order valence-electron chi connectivity index (χ0n) is 14.3. The molecule has 0 radical (unpaired) electrons. The molecule has 1 N–H and O–H groups in total. The largest absolute Gasteiger partial charge is 0.367 e. The number of likely N-dealkylation sites (N-methyl/N-ethyl adjacent to an activating group) is 1. The number of pyridine rings is 1. The summed E-state index contributed by atoms with van der Waals surface area (Å²) in [4.78, 5) is 9.30. The minimum Gasteiger partial charge on any atom is -0.367 e. The smallest absolute Gasteiger partial charge is 0.0599 e. The molecular formula is C17H30N4. The first-order valence-electron chi connectivity index (χ1n) is 7.93. The fraction of sp³-hybridized carbons (Fsp3) is 0.706. The standard InChI is InChI=1S/C17H30N4/c1-13-11-21(12-14(2)20(13)6)16-10-18-8-7-15(16)9-19-17(3,4)5/h7-8,10,13-14,19H,9,11-12H2,1-6H3. The van der Waals surface area contributed by atoms with Crippen LogP contribution in [0.15, 0.2) is 18.5 Å². The van der Waals surface area contributed by atoms with Gasteiger partial charge >= 0.3 is 0 Å². The monoisotopic (exact) mass is 290 g/mol. The molecular weight excluding hydrogens is 260 g/mol. The van der Waals surface area contributed by atoms with Crippen LogP contribution in [0.5, 0.6) is 0 Å². The van der Waals surface area contributed by atoms with Crippen LogP contribution in [0.4, 0.5) is 5.69 Å². The maximum Gasteiger partial charge on any atom is 0.0599 e. The second kappa shape index (κ2) is 6.32. The Kier molecular flexibility index (Phi) is 4.89. The van der Waals surface area contributed by atoms with Crippen molar-refractivity contribution < 1.29 is 0 Å². The molecule has 1 aromatic rings. The lowest BCUT2D eigenvalue weighted by Gasteiger charge is -2.44. The third-order valence-electron chi connectivity index (χ3n) is 4.40. The number of nitrogens with zero attached hydrogens (tertiary/aromatic N) is 3. The summed E-state index contributed by atoms with van der Waals surface area (Å²) in [6.45, 7) is 14.2. The molecule has 4 nitrogen and oxygen atoms in total. The average Bonchev–Trinajstić information content (AvgIpc) is 2.41. The molecule has 1 aliphatic rings. The molecule has 1 saturated heterocycles. The predicted octanol–water partition coefficient (Wildman–Crippen LogP) is 2.50. The zero-order valence-corrected chi connectivity index (χ0v) is 14.3. The van der Waals surface area contributed by atoms with E-state index in [1.807, 2.05) is 12.4 Å². The van der Waals surface area contributed by atoms with Crippen molar-refractivity contribution >= 4 is 5.69 Å². The summed E-state index contributed by atoms with van der Waals surface area (Å²) in [7, 11) is 2.22. The molecule has 2 rings (SSSR count). The molecule has 0 aromatic carbocycles. The van der Waals surface area contributed by atoms with Gasteiger partial charge in [-0.25, -0.2) is 0 Å². The average molecular weight is 290 g/mol. The Bertz CT molecular complexity index is 454. The summed E-state index contributed by atoms with van der Waals surface area (Å²) >= 11 is 0. The molecule has 0 aliphatic carbocycles. The summed E-state index contributed by atoms with van der Waals surface area (Å²) < 4.78 is 0. The summed E-state index contributed by atoms with van der Waals surface area (Å²) in [5, 5.41) is 3.58. The van der Waals surface area contributed by atoms with Gasteiger partial charge in [0, 0.05) is 43.5 Å². The van der Waals surface area contributed by atoms with Crippen molar-refractivity contribution in [2.75, 3.05) is 25.0 Å². The first kappa shape index (κ1) is 16.2. The molecule has 0 bridgehead atoms. The van der Waals surface area contributed by atoms with Gasteiger partial charge in [-0.2, -0.15) is 0 Å². The molecule has 2 atom stereocenters. The number of anilines is 1. The van der Waals surface area contributed by atoms with Gasteiger partial charge in [0.15, 0.2) is 0 Å². The van der Waals surface area contributed by atoms with Crippen molar-refractivity contribution in [1.29, 1.82) is 0 Å². The van der Waals surface area contributed by atoms with Crippen LogP contribution in [0, 0.1) is 0 Å². The van der Waals surface area contributed by atoms with Gasteiger partial charge in [-0.05, 0) is 53.3 Å². The van der Waals surface area contributed by atoms with Crippen LogP contribution in [-0.4, -0.2) is 47.6 Å². The third-order valence-corrected chi connectivity index (χ3v) is 4.40. The minimum absolute atomic E-state index is 0.128. The molecule has 4 heteroatoms. The lowest BCUT2D eigenvalue weighted by Crippen LogP contribution is -2.55. The second-order valence-corrected chi connectivity index (χ2v) is 7.38. The third kappa shape index (κ3) is 4.17. The molecule has 2 heterocycles. The van der Waals surface area contributed by atoms with Gasteiger partial charge in [0.25, 0.3) is 0 Å². The Morgan fingerprint density at radius 3 is 2.43 bits per heavy atom. The van der Waals surface area contributed by atoms with Crippen LogP contribution >= 0.6 is 0 Å². The van der Waals surface area contributed by atoms with E-state index >= 15 is 0 Å². The Morgan fingerprint density at radius 2 is 1.86 bits per heavy atom. The van der Waals surface area contributed by atoms with E-state index < -0.39 is 0 Å².